The highest BCUT2D eigenvalue weighted by atomic mass is 16.5. The molecule has 1 aromatic heterocycles. The van der Waals surface area contributed by atoms with E-state index in [9.17, 15) is 4.79 Å². The third-order valence-corrected chi connectivity index (χ3v) is 2.34. The molecule has 0 bridgehead atoms. The van der Waals surface area contributed by atoms with E-state index in [-0.39, 0.29) is 5.69 Å². The summed E-state index contributed by atoms with van der Waals surface area (Å²) in [7, 11) is 1.64. The minimum atomic E-state index is -1.08. The standard InChI is InChI=1S/C12H19N3O4/c1-18-8-9-19-7-3-2-6-13-11-5-4-10(12(16)17)14-15-11/h4-5H,2-3,6-9H2,1H3,(H,13,15)(H,16,17). The molecule has 0 amide bonds. The Labute approximate surface area is 111 Å². The summed E-state index contributed by atoms with van der Waals surface area (Å²) in [4.78, 5) is 10.6. The largest absolute Gasteiger partial charge is 0.476 e. The highest BCUT2D eigenvalue weighted by Gasteiger charge is 2.04. The van der Waals surface area contributed by atoms with Gasteiger partial charge in [0.15, 0.2) is 5.69 Å². The molecule has 0 spiro atoms. The zero-order chi connectivity index (χ0) is 13.9. The van der Waals surface area contributed by atoms with Crippen molar-refractivity contribution in [3.8, 4) is 0 Å². The molecule has 0 saturated carbocycles. The van der Waals surface area contributed by atoms with Crippen LogP contribution in [0.3, 0.4) is 0 Å². The Balaban J connectivity index is 2.07. The number of carboxylic acid groups (broad SMARTS) is 1. The molecule has 0 aliphatic rings. The molecule has 106 valence electrons. The van der Waals surface area contributed by atoms with Gasteiger partial charge in [-0.3, -0.25) is 0 Å². The first-order valence-corrected chi connectivity index (χ1v) is 6.11. The van der Waals surface area contributed by atoms with Crippen LogP contribution in [0.2, 0.25) is 0 Å². The van der Waals surface area contributed by atoms with Crippen molar-refractivity contribution in [1.29, 1.82) is 0 Å². The van der Waals surface area contributed by atoms with Crippen LogP contribution in [-0.2, 0) is 9.47 Å². The van der Waals surface area contributed by atoms with E-state index in [0.717, 1.165) is 19.4 Å². The molecule has 2 N–H and O–H groups in total. The van der Waals surface area contributed by atoms with Gasteiger partial charge in [-0.15, -0.1) is 10.2 Å². The van der Waals surface area contributed by atoms with Gasteiger partial charge in [-0.2, -0.15) is 0 Å². The molecule has 0 atom stereocenters. The van der Waals surface area contributed by atoms with Gasteiger partial charge in [-0.1, -0.05) is 0 Å². The number of anilines is 1. The van der Waals surface area contributed by atoms with Crippen molar-refractivity contribution in [2.45, 2.75) is 12.8 Å². The predicted molar refractivity (Wildman–Crippen MR) is 69.4 cm³/mol. The van der Waals surface area contributed by atoms with Crippen LogP contribution in [0, 0.1) is 0 Å². The van der Waals surface area contributed by atoms with Crippen molar-refractivity contribution in [2.24, 2.45) is 0 Å². The van der Waals surface area contributed by atoms with Crippen molar-refractivity contribution < 1.29 is 19.4 Å². The molecule has 7 nitrogen and oxygen atoms in total. The zero-order valence-electron chi connectivity index (χ0n) is 11.0. The molecule has 0 radical (unpaired) electrons. The van der Waals surface area contributed by atoms with Crippen LogP contribution >= 0.6 is 0 Å². The number of nitrogens with zero attached hydrogens (tertiary/aromatic N) is 2. The first-order valence-electron chi connectivity index (χ1n) is 6.11. The van der Waals surface area contributed by atoms with Crippen LogP contribution in [-0.4, -0.2) is 54.7 Å². The summed E-state index contributed by atoms with van der Waals surface area (Å²) >= 11 is 0. The Morgan fingerprint density at radius 2 is 2.11 bits per heavy atom. The Bertz CT molecular complexity index is 370. The van der Waals surface area contributed by atoms with Crippen molar-refractivity contribution >= 4 is 11.8 Å². The van der Waals surface area contributed by atoms with E-state index in [1.807, 2.05) is 0 Å². The summed E-state index contributed by atoms with van der Waals surface area (Å²) in [5, 5.41) is 19.1. The van der Waals surface area contributed by atoms with Gasteiger partial charge in [-0.05, 0) is 25.0 Å². The van der Waals surface area contributed by atoms with Gasteiger partial charge in [0, 0.05) is 20.3 Å². The summed E-state index contributed by atoms with van der Waals surface area (Å²) in [6, 6.07) is 3.02. The second-order valence-electron chi connectivity index (χ2n) is 3.85. The fourth-order valence-corrected chi connectivity index (χ4v) is 1.33. The molecule has 1 rings (SSSR count). The van der Waals surface area contributed by atoms with Crippen LogP contribution < -0.4 is 5.32 Å². The Morgan fingerprint density at radius 1 is 1.26 bits per heavy atom. The van der Waals surface area contributed by atoms with E-state index in [2.05, 4.69) is 15.5 Å². The minimum Gasteiger partial charge on any atom is -0.476 e. The van der Waals surface area contributed by atoms with Gasteiger partial charge in [0.1, 0.15) is 5.82 Å². The number of ether oxygens (including phenoxy) is 2. The molecule has 1 aromatic rings. The second kappa shape index (κ2) is 9.23. The lowest BCUT2D eigenvalue weighted by Crippen LogP contribution is -2.08. The summed E-state index contributed by atoms with van der Waals surface area (Å²) in [5.41, 5.74) is -0.0582. The predicted octanol–water partition coefficient (Wildman–Crippen LogP) is 1.03. The van der Waals surface area contributed by atoms with Gasteiger partial charge in [0.05, 0.1) is 13.2 Å². The number of methoxy groups -OCH3 is 1. The number of hydrogen-bond donors (Lipinski definition) is 2. The van der Waals surface area contributed by atoms with E-state index in [0.29, 0.717) is 25.6 Å². The summed E-state index contributed by atoms with van der Waals surface area (Å²) < 4.78 is 10.2. The molecule has 0 aliphatic carbocycles. The van der Waals surface area contributed by atoms with Crippen molar-refractivity contribution in [1.82, 2.24) is 10.2 Å². The van der Waals surface area contributed by atoms with Crippen molar-refractivity contribution in [3.05, 3.63) is 17.8 Å². The summed E-state index contributed by atoms with van der Waals surface area (Å²) in [6.07, 6.45) is 1.88. The number of unbranched alkanes of at least 4 members (excludes halogenated alkanes) is 1. The highest BCUT2D eigenvalue weighted by molar-refractivity contribution is 5.85. The first kappa shape index (κ1) is 15.3. The number of carbonyl (C=O) groups is 1. The third-order valence-electron chi connectivity index (χ3n) is 2.34. The molecule has 19 heavy (non-hydrogen) atoms. The highest BCUT2D eigenvalue weighted by Crippen LogP contribution is 2.02. The molecular formula is C12H19N3O4. The minimum absolute atomic E-state index is 0.0582. The maximum Gasteiger partial charge on any atom is 0.356 e. The molecule has 0 saturated heterocycles. The number of rotatable bonds is 10. The van der Waals surface area contributed by atoms with Gasteiger partial charge in [-0.25, -0.2) is 4.79 Å². The van der Waals surface area contributed by atoms with E-state index >= 15 is 0 Å². The zero-order valence-corrected chi connectivity index (χ0v) is 11.0. The normalized spacial score (nSPS) is 10.4. The van der Waals surface area contributed by atoms with Gasteiger partial charge in [0.2, 0.25) is 0 Å². The third kappa shape index (κ3) is 6.68. The lowest BCUT2D eigenvalue weighted by molar-refractivity contribution is 0.0688. The quantitative estimate of drug-likeness (QED) is 0.613. The van der Waals surface area contributed by atoms with Gasteiger partial charge < -0.3 is 19.9 Å². The van der Waals surface area contributed by atoms with Crippen LogP contribution in [0.25, 0.3) is 0 Å². The molecule has 7 heteroatoms. The fraction of sp³-hybridized carbons (Fsp3) is 0.583. The molecule has 0 unspecified atom stereocenters. The molecule has 0 fully saturated rings. The number of aromatic carboxylic acids is 1. The molecule has 0 aliphatic heterocycles. The molecular weight excluding hydrogens is 250 g/mol. The Kier molecular flexibility index (Phi) is 7.45. The number of hydrogen-bond acceptors (Lipinski definition) is 6. The van der Waals surface area contributed by atoms with E-state index in [1.165, 1.54) is 6.07 Å². The van der Waals surface area contributed by atoms with Crippen LogP contribution in [0.15, 0.2) is 12.1 Å². The van der Waals surface area contributed by atoms with Crippen LogP contribution in [0.5, 0.6) is 0 Å². The average Bonchev–Trinajstić information content (AvgIpc) is 2.42. The monoisotopic (exact) mass is 269 g/mol. The number of carboxylic acids is 1. The maximum absolute atomic E-state index is 10.6. The Hall–Kier alpha value is -1.73. The smallest absolute Gasteiger partial charge is 0.356 e. The molecule has 1 heterocycles. The van der Waals surface area contributed by atoms with E-state index in [1.54, 1.807) is 13.2 Å². The van der Waals surface area contributed by atoms with Crippen molar-refractivity contribution in [2.75, 3.05) is 38.8 Å². The van der Waals surface area contributed by atoms with Crippen LogP contribution in [0.4, 0.5) is 5.82 Å². The maximum atomic E-state index is 10.6. The first-order chi connectivity index (χ1) is 9.24. The Morgan fingerprint density at radius 3 is 2.74 bits per heavy atom. The second-order valence-corrected chi connectivity index (χ2v) is 3.85. The van der Waals surface area contributed by atoms with Crippen molar-refractivity contribution in [3.63, 3.8) is 0 Å². The lowest BCUT2D eigenvalue weighted by atomic mass is 10.3. The SMILES string of the molecule is COCCOCCCCNc1ccc(C(=O)O)nn1. The fourth-order valence-electron chi connectivity index (χ4n) is 1.33. The van der Waals surface area contributed by atoms with E-state index in [4.69, 9.17) is 14.6 Å². The number of nitrogens with one attached hydrogen (secondary N) is 1. The average molecular weight is 269 g/mol. The lowest BCUT2D eigenvalue weighted by Gasteiger charge is -2.05. The number of aromatic nitrogens is 2. The van der Waals surface area contributed by atoms with E-state index < -0.39 is 5.97 Å². The summed E-state index contributed by atoms with van der Waals surface area (Å²) in [5.74, 6) is -0.502. The summed E-state index contributed by atoms with van der Waals surface area (Å²) in [6.45, 7) is 2.68. The topological polar surface area (TPSA) is 93.6 Å². The van der Waals surface area contributed by atoms with Gasteiger partial charge >= 0.3 is 5.97 Å². The molecule has 0 aromatic carbocycles. The van der Waals surface area contributed by atoms with Gasteiger partial charge in [0.25, 0.3) is 0 Å². The van der Waals surface area contributed by atoms with Crippen LogP contribution in [0.1, 0.15) is 23.3 Å².